The van der Waals surface area contributed by atoms with Gasteiger partial charge in [-0.15, -0.1) is 0 Å². The molecule has 0 amide bonds. The topological polar surface area (TPSA) is 54.9 Å². The maximum Gasteiger partial charge on any atom is 0.328 e. The van der Waals surface area contributed by atoms with Gasteiger partial charge in [0, 0.05) is 6.04 Å². The minimum Gasteiger partial charge on any atom is -0.295 e. The molecule has 4 nitrogen and oxygen atoms in total. The van der Waals surface area contributed by atoms with Crippen molar-refractivity contribution in [3.05, 3.63) is 32.9 Å². The molecule has 0 saturated heterocycles. The van der Waals surface area contributed by atoms with Gasteiger partial charge in [-0.05, 0) is 30.6 Å². The van der Waals surface area contributed by atoms with Crippen molar-refractivity contribution in [1.29, 1.82) is 0 Å². The van der Waals surface area contributed by atoms with Crippen LogP contribution in [-0.4, -0.2) is 9.55 Å². The third kappa shape index (κ3) is 2.26. The van der Waals surface area contributed by atoms with Crippen LogP contribution in [0, 0.1) is 23.6 Å². The summed E-state index contributed by atoms with van der Waals surface area (Å²) in [6, 6.07) is -0.00810. The van der Waals surface area contributed by atoms with Crippen LogP contribution in [0.5, 0.6) is 0 Å². The molecule has 1 aliphatic rings. The fraction of sp³-hybridized carbons (Fsp3) is 0.692. The van der Waals surface area contributed by atoms with E-state index < -0.39 is 17.1 Å². The zero-order chi connectivity index (χ0) is 13.4. The van der Waals surface area contributed by atoms with E-state index in [0.29, 0.717) is 17.8 Å². The number of rotatable bonds is 2. The number of halogens is 1. The maximum atomic E-state index is 13.3. The van der Waals surface area contributed by atoms with Gasteiger partial charge in [0.15, 0.2) is 0 Å². The number of nitrogens with one attached hydrogen (secondary N) is 1. The van der Waals surface area contributed by atoms with Crippen LogP contribution in [-0.2, 0) is 0 Å². The summed E-state index contributed by atoms with van der Waals surface area (Å²) >= 11 is 0. The smallest absolute Gasteiger partial charge is 0.295 e. The molecule has 100 valence electrons. The highest BCUT2D eigenvalue weighted by Gasteiger charge is 2.34. The Hall–Kier alpha value is -1.39. The van der Waals surface area contributed by atoms with E-state index in [1.165, 1.54) is 4.57 Å². The van der Waals surface area contributed by atoms with Gasteiger partial charge in [-0.25, -0.2) is 4.79 Å². The Kier molecular flexibility index (Phi) is 3.41. The normalized spacial score (nSPS) is 27.9. The third-order valence-electron chi connectivity index (χ3n) is 4.09. The zero-order valence-electron chi connectivity index (χ0n) is 10.9. The Morgan fingerprint density at radius 2 is 2.06 bits per heavy atom. The quantitative estimate of drug-likeness (QED) is 0.876. The van der Waals surface area contributed by atoms with Crippen molar-refractivity contribution in [2.45, 2.75) is 39.7 Å². The molecule has 1 aliphatic carbocycles. The Labute approximate surface area is 105 Å². The highest BCUT2D eigenvalue weighted by atomic mass is 19.1. The molecule has 18 heavy (non-hydrogen) atoms. The van der Waals surface area contributed by atoms with Crippen molar-refractivity contribution in [2.24, 2.45) is 17.8 Å². The summed E-state index contributed by atoms with van der Waals surface area (Å²) in [5.74, 6) is 0.706. The molecule has 5 heteroatoms. The van der Waals surface area contributed by atoms with Gasteiger partial charge < -0.3 is 0 Å². The van der Waals surface area contributed by atoms with Gasteiger partial charge in [0.05, 0.1) is 6.20 Å². The van der Waals surface area contributed by atoms with Gasteiger partial charge in [-0.3, -0.25) is 14.3 Å². The number of hydrogen-bond donors (Lipinski definition) is 1. The minimum absolute atomic E-state index is 0.00810. The molecule has 0 bridgehead atoms. The van der Waals surface area contributed by atoms with Crippen molar-refractivity contribution in [2.75, 3.05) is 0 Å². The first-order valence-corrected chi connectivity index (χ1v) is 6.41. The lowest BCUT2D eigenvalue weighted by atomic mass is 9.87. The predicted molar refractivity (Wildman–Crippen MR) is 67.0 cm³/mol. The van der Waals surface area contributed by atoms with Crippen LogP contribution < -0.4 is 11.2 Å². The molecule has 1 fully saturated rings. The summed E-state index contributed by atoms with van der Waals surface area (Å²) in [7, 11) is 0. The summed E-state index contributed by atoms with van der Waals surface area (Å²) < 4.78 is 14.6. The van der Waals surface area contributed by atoms with Crippen molar-refractivity contribution < 1.29 is 4.39 Å². The molecular formula is C13H19FN2O2. The van der Waals surface area contributed by atoms with E-state index in [2.05, 4.69) is 20.8 Å². The molecule has 0 aromatic carbocycles. The highest BCUT2D eigenvalue weighted by molar-refractivity contribution is 4.93. The fourth-order valence-corrected chi connectivity index (χ4v) is 3.13. The number of aromatic nitrogens is 2. The maximum absolute atomic E-state index is 13.3. The second kappa shape index (κ2) is 4.71. The molecule has 1 heterocycles. The van der Waals surface area contributed by atoms with Gasteiger partial charge >= 0.3 is 5.69 Å². The van der Waals surface area contributed by atoms with E-state index >= 15 is 0 Å². The van der Waals surface area contributed by atoms with Crippen LogP contribution in [0.4, 0.5) is 4.39 Å². The van der Waals surface area contributed by atoms with Crippen molar-refractivity contribution in [3.63, 3.8) is 0 Å². The minimum atomic E-state index is -0.942. The second-order valence-corrected chi connectivity index (χ2v) is 5.65. The number of hydrogen-bond acceptors (Lipinski definition) is 2. The standard InChI is InChI=1S/C13H19FN2O2/c1-7(2)10-5-9(4-8(10)3)16-6-11(14)12(17)15-13(16)18/h6-10H,4-5H2,1-3H3,(H,15,17,18). The van der Waals surface area contributed by atoms with Crippen LogP contribution in [0.3, 0.4) is 0 Å². The SMILES string of the molecule is CC(C)C1CC(n2cc(F)c(=O)[nH]c2=O)CC1C. The Morgan fingerprint density at radius 3 is 2.61 bits per heavy atom. The zero-order valence-corrected chi connectivity index (χ0v) is 10.9. The molecular weight excluding hydrogens is 235 g/mol. The van der Waals surface area contributed by atoms with Crippen molar-refractivity contribution in [1.82, 2.24) is 9.55 Å². The van der Waals surface area contributed by atoms with Crippen LogP contribution in [0.1, 0.15) is 39.7 Å². The predicted octanol–water partition coefficient (Wildman–Crippen LogP) is 1.92. The molecule has 0 aliphatic heterocycles. The molecule has 1 saturated carbocycles. The lowest BCUT2D eigenvalue weighted by Crippen LogP contribution is -2.33. The lowest BCUT2D eigenvalue weighted by Gasteiger charge is -2.18. The van der Waals surface area contributed by atoms with Gasteiger partial charge in [-0.2, -0.15) is 4.39 Å². The number of aromatic amines is 1. The largest absolute Gasteiger partial charge is 0.328 e. The number of nitrogens with zero attached hydrogens (tertiary/aromatic N) is 1. The molecule has 3 atom stereocenters. The molecule has 1 aromatic rings. The average Bonchev–Trinajstić information content (AvgIpc) is 2.65. The number of H-pyrrole nitrogens is 1. The Bertz CT molecular complexity index is 547. The molecule has 2 rings (SSSR count). The Morgan fingerprint density at radius 1 is 1.39 bits per heavy atom. The molecule has 1 aromatic heterocycles. The molecule has 0 radical (unpaired) electrons. The Balaban J connectivity index is 2.32. The third-order valence-corrected chi connectivity index (χ3v) is 4.09. The van der Waals surface area contributed by atoms with E-state index in [1.54, 1.807) is 0 Å². The lowest BCUT2D eigenvalue weighted by molar-refractivity contribution is 0.311. The molecule has 0 spiro atoms. The van der Waals surface area contributed by atoms with E-state index in [1.807, 2.05) is 4.98 Å². The summed E-state index contributed by atoms with van der Waals surface area (Å²) in [4.78, 5) is 24.7. The van der Waals surface area contributed by atoms with Crippen molar-refractivity contribution in [3.8, 4) is 0 Å². The van der Waals surface area contributed by atoms with E-state index in [-0.39, 0.29) is 6.04 Å². The fourth-order valence-electron chi connectivity index (χ4n) is 3.13. The van der Waals surface area contributed by atoms with Crippen LogP contribution >= 0.6 is 0 Å². The van der Waals surface area contributed by atoms with E-state index in [0.717, 1.165) is 19.0 Å². The summed E-state index contributed by atoms with van der Waals surface area (Å²) in [6.07, 6.45) is 2.76. The highest BCUT2D eigenvalue weighted by Crippen LogP contribution is 2.42. The monoisotopic (exact) mass is 254 g/mol. The summed E-state index contributed by atoms with van der Waals surface area (Å²) in [5, 5.41) is 0. The first-order chi connectivity index (χ1) is 8.40. The van der Waals surface area contributed by atoms with Crippen molar-refractivity contribution >= 4 is 0 Å². The second-order valence-electron chi connectivity index (χ2n) is 5.65. The average molecular weight is 254 g/mol. The van der Waals surface area contributed by atoms with Crippen LogP contribution in [0.15, 0.2) is 15.8 Å². The summed E-state index contributed by atoms with van der Waals surface area (Å²) in [5.41, 5.74) is -1.45. The van der Waals surface area contributed by atoms with Gasteiger partial charge in [0.25, 0.3) is 5.56 Å². The van der Waals surface area contributed by atoms with E-state index in [9.17, 15) is 14.0 Å². The van der Waals surface area contributed by atoms with Gasteiger partial charge in [-0.1, -0.05) is 20.8 Å². The van der Waals surface area contributed by atoms with Crippen LogP contribution in [0.25, 0.3) is 0 Å². The first kappa shape index (κ1) is 13.1. The molecule has 1 N–H and O–H groups in total. The molecule has 3 unspecified atom stereocenters. The summed E-state index contributed by atoms with van der Waals surface area (Å²) in [6.45, 7) is 6.50. The van der Waals surface area contributed by atoms with Gasteiger partial charge in [0.1, 0.15) is 0 Å². The van der Waals surface area contributed by atoms with Gasteiger partial charge in [0.2, 0.25) is 5.82 Å². The van der Waals surface area contributed by atoms with Crippen LogP contribution in [0.2, 0.25) is 0 Å². The first-order valence-electron chi connectivity index (χ1n) is 6.41. The van der Waals surface area contributed by atoms with E-state index in [4.69, 9.17) is 0 Å².